The van der Waals surface area contributed by atoms with Crippen molar-refractivity contribution >= 4 is 45.7 Å². The van der Waals surface area contributed by atoms with Gasteiger partial charge in [0.25, 0.3) is 0 Å². The van der Waals surface area contributed by atoms with E-state index in [2.05, 4.69) is 21.0 Å². The number of anilines is 1. The fraction of sp³-hybridized carbons (Fsp3) is 0.273. The second kappa shape index (κ2) is 4.23. The van der Waals surface area contributed by atoms with Gasteiger partial charge in [0.1, 0.15) is 5.84 Å². The molecule has 0 fully saturated rings. The summed E-state index contributed by atoms with van der Waals surface area (Å²) in [7, 11) is 0. The van der Waals surface area contributed by atoms with E-state index in [9.17, 15) is 0 Å². The molecule has 1 aromatic rings. The van der Waals surface area contributed by atoms with Crippen molar-refractivity contribution in [3.8, 4) is 0 Å². The van der Waals surface area contributed by atoms with Crippen LogP contribution in [0.25, 0.3) is 0 Å². The number of fused-ring (bicyclic) bond motifs is 3. The molecular weight excluding hydrogens is 256 g/mol. The molecule has 88 valence electrons. The molecule has 0 bridgehead atoms. The predicted molar refractivity (Wildman–Crippen MR) is 73.9 cm³/mol. The average Bonchev–Trinajstić information content (AvgIpc) is 2.89. The summed E-state index contributed by atoms with van der Waals surface area (Å²) in [4.78, 5) is 12.1. The summed E-state index contributed by atoms with van der Waals surface area (Å²) in [5, 5.41) is 1.09. The summed E-state index contributed by atoms with van der Waals surface area (Å²) in [6.45, 7) is 1.83. The third-order valence-corrected chi connectivity index (χ3v) is 4.02. The number of nitrogens with two attached hydrogens (primary N) is 1. The normalized spacial score (nSPS) is 18.1. The van der Waals surface area contributed by atoms with Gasteiger partial charge in [0.15, 0.2) is 5.17 Å². The zero-order valence-electron chi connectivity index (χ0n) is 9.06. The highest BCUT2D eigenvalue weighted by molar-refractivity contribution is 8.14. The van der Waals surface area contributed by atoms with E-state index in [0.717, 1.165) is 23.9 Å². The lowest BCUT2D eigenvalue weighted by molar-refractivity contribution is 1.01. The predicted octanol–water partition coefficient (Wildman–Crippen LogP) is 2.20. The molecule has 0 spiro atoms. The summed E-state index contributed by atoms with van der Waals surface area (Å²) >= 11 is 7.33. The Balaban J connectivity index is 1.98. The van der Waals surface area contributed by atoms with E-state index in [4.69, 9.17) is 17.3 Å². The van der Waals surface area contributed by atoms with Crippen LogP contribution in [0.15, 0.2) is 33.1 Å². The van der Waals surface area contributed by atoms with Gasteiger partial charge in [-0.15, -0.1) is 11.6 Å². The molecule has 0 radical (unpaired) electrons. The lowest BCUT2D eigenvalue weighted by atomic mass is 10.2. The summed E-state index contributed by atoms with van der Waals surface area (Å²) in [6, 6.07) is 6.05. The molecule has 0 aliphatic carbocycles. The maximum atomic E-state index is 5.63. The molecule has 0 saturated heterocycles. The first-order chi connectivity index (χ1) is 8.28. The van der Waals surface area contributed by atoms with Gasteiger partial charge in [0.2, 0.25) is 0 Å². The first-order valence-corrected chi connectivity index (χ1v) is 6.66. The van der Waals surface area contributed by atoms with Gasteiger partial charge in [-0.1, -0.05) is 0 Å². The summed E-state index contributed by atoms with van der Waals surface area (Å²) < 4.78 is 0. The van der Waals surface area contributed by atoms with Crippen LogP contribution in [-0.4, -0.2) is 30.0 Å². The van der Waals surface area contributed by atoms with Crippen LogP contribution in [0, 0.1) is 0 Å². The summed E-state index contributed by atoms with van der Waals surface area (Å²) in [6.07, 6.45) is 0. The molecule has 0 amide bonds. The van der Waals surface area contributed by atoms with Crippen LogP contribution in [0.2, 0.25) is 0 Å². The van der Waals surface area contributed by atoms with E-state index in [0.29, 0.717) is 5.84 Å². The molecule has 0 unspecified atom stereocenters. The monoisotopic (exact) mass is 266 g/mol. The molecule has 0 atom stereocenters. The van der Waals surface area contributed by atoms with Crippen molar-refractivity contribution in [2.24, 2.45) is 15.7 Å². The number of hydrogen-bond donors (Lipinski definition) is 1. The largest absolute Gasteiger partial charge is 0.386 e. The average molecular weight is 267 g/mol. The van der Waals surface area contributed by atoms with Gasteiger partial charge < -0.3 is 10.6 Å². The number of amidine groups is 2. The lowest BCUT2D eigenvalue weighted by Gasteiger charge is -2.12. The Morgan fingerprint density at radius 3 is 3.29 bits per heavy atom. The van der Waals surface area contributed by atoms with Gasteiger partial charge in [-0.3, -0.25) is 4.99 Å². The summed E-state index contributed by atoms with van der Waals surface area (Å²) in [5.41, 5.74) is 7.65. The van der Waals surface area contributed by atoms with Crippen molar-refractivity contribution in [1.29, 1.82) is 0 Å². The Kier molecular flexibility index (Phi) is 2.72. The van der Waals surface area contributed by atoms with Crippen molar-refractivity contribution in [3.05, 3.63) is 18.2 Å². The molecule has 0 aromatic heterocycles. The van der Waals surface area contributed by atoms with Crippen LogP contribution < -0.4 is 10.6 Å². The van der Waals surface area contributed by atoms with Crippen LogP contribution in [0.3, 0.4) is 0 Å². The minimum absolute atomic E-state index is 0.252. The molecule has 2 N–H and O–H groups in total. The second-order valence-electron chi connectivity index (χ2n) is 3.81. The fourth-order valence-electron chi connectivity index (χ4n) is 1.90. The number of halogens is 1. The van der Waals surface area contributed by atoms with Crippen LogP contribution >= 0.6 is 23.4 Å². The van der Waals surface area contributed by atoms with E-state index in [1.54, 1.807) is 11.8 Å². The van der Waals surface area contributed by atoms with Gasteiger partial charge in [0, 0.05) is 11.4 Å². The minimum atomic E-state index is 0.252. The topological polar surface area (TPSA) is 54.0 Å². The molecule has 0 saturated carbocycles. The van der Waals surface area contributed by atoms with Gasteiger partial charge in [-0.2, -0.15) is 0 Å². The lowest BCUT2D eigenvalue weighted by Crippen LogP contribution is -2.20. The Morgan fingerprint density at radius 2 is 2.47 bits per heavy atom. The third kappa shape index (κ3) is 1.89. The quantitative estimate of drug-likeness (QED) is 0.507. The van der Waals surface area contributed by atoms with Crippen LogP contribution in [0.1, 0.15) is 0 Å². The molecule has 6 heteroatoms. The maximum absolute atomic E-state index is 5.63. The number of benzene rings is 1. The Hall–Kier alpha value is -1.20. The van der Waals surface area contributed by atoms with Crippen LogP contribution in [-0.2, 0) is 0 Å². The zero-order valence-corrected chi connectivity index (χ0v) is 10.6. The molecule has 3 rings (SSSR count). The van der Waals surface area contributed by atoms with Crippen molar-refractivity contribution < 1.29 is 0 Å². The zero-order chi connectivity index (χ0) is 11.8. The number of hydrogen-bond acceptors (Lipinski definition) is 4. The molecule has 2 aliphatic rings. The van der Waals surface area contributed by atoms with E-state index in [-0.39, 0.29) is 5.88 Å². The van der Waals surface area contributed by atoms with E-state index < -0.39 is 0 Å². The van der Waals surface area contributed by atoms with Gasteiger partial charge in [-0.05, 0) is 30.0 Å². The smallest absolute Gasteiger partial charge is 0.168 e. The molecule has 4 nitrogen and oxygen atoms in total. The molecule has 2 aliphatic heterocycles. The second-order valence-corrected chi connectivity index (χ2v) is 5.08. The number of rotatable bonds is 2. The number of thioether (sulfide) groups is 1. The highest BCUT2D eigenvalue weighted by atomic mass is 35.5. The van der Waals surface area contributed by atoms with Crippen molar-refractivity contribution in [2.45, 2.75) is 4.90 Å². The van der Waals surface area contributed by atoms with Crippen LogP contribution in [0.5, 0.6) is 0 Å². The highest BCUT2D eigenvalue weighted by Gasteiger charge is 2.29. The van der Waals surface area contributed by atoms with E-state index in [1.165, 1.54) is 10.6 Å². The summed E-state index contributed by atoms with van der Waals surface area (Å²) in [5.74, 6) is 0.690. The highest BCUT2D eigenvalue weighted by Crippen LogP contribution is 2.43. The Labute approximate surface area is 109 Å². The molecule has 2 heterocycles. The van der Waals surface area contributed by atoms with Crippen molar-refractivity contribution in [1.82, 2.24) is 0 Å². The SMILES string of the molecule is NC(CCl)=Nc1ccc2c(c1)N1CCN=C1S2. The minimum Gasteiger partial charge on any atom is -0.386 e. The molecule has 1 aromatic carbocycles. The standard InChI is InChI=1S/C11H11ClN4S/c12-6-10(13)15-7-1-2-9-8(5-7)16-4-3-14-11(16)17-9/h1-2,5H,3-4,6H2,(H2,13,15). The van der Waals surface area contributed by atoms with Gasteiger partial charge in [0.05, 0.1) is 23.8 Å². The first kappa shape index (κ1) is 10.9. The number of nitrogens with zero attached hydrogens (tertiary/aromatic N) is 3. The van der Waals surface area contributed by atoms with E-state index in [1.807, 2.05) is 12.1 Å². The van der Waals surface area contributed by atoms with E-state index >= 15 is 0 Å². The Bertz CT molecular complexity index is 526. The van der Waals surface area contributed by atoms with Crippen molar-refractivity contribution in [2.75, 3.05) is 23.9 Å². The Morgan fingerprint density at radius 1 is 1.59 bits per heavy atom. The maximum Gasteiger partial charge on any atom is 0.168 e. The van der Waals surface area contributed by atoms with Gasteiger partial charge in [-0.25, -0.2) is 4.99 Å². The third-order valence-electron chi connectivity index (χ3n) is 2.65. The van der Waals surface area contributed by atoms with Crippen molar-refractivity contribution in [3.63, 3.8) is 0 Å². The molecule has 17 heavy (non-hydrogen) atoms. The number of alkyl halides is 1. The van der Waals surface area contributed by atoms with Crippen LogP contribution in [0.4, 0.5) is 11.4 Å². The first-order valence-electron chi connectivity index (χ1n) is 5.31. The fourth-order valence-corrected chi connectivity index (χ4v) is 3.03. The number of aliphatic imine (C=N–C) groups is 2. The van der Waals surface area contributed by atoms with Gasteiger partial charge >= 0.3 is 0 Å². The molecular formula is C11H11ClN4S.